The van der Waals surface area contributed by atoms with Crippen LogP contribution in [-0.4, -0.2) is 16.3 Å². The van der Waals surface area contributed by atoms with Gasteiger partial charge in [0.15, 0.2) is 0 Å². The third-order valence-corrected chi connectivity index (χ3v) is 2.74. The Hall–Kier alpha value is -1.28. The van der Waals surface area contributed by atoms with Crippen LogP contribution in [0.1, 0.15) is 26.8 Å². The number of hydrogen-bond acceptors (Lipinski definition) is 3. The van der Waals surface area contributed by atoms with Gasteiger partial charge in [0.2, 0.25) is 0 Å². The predicted molar refractivity (Wildman–Crippen MR) is 68.5 cm³/mol. The molecular formula is C11H14BrN3O. The second kappa shape index (κ2) is 5.71. The molecule has 0 aliphatic rings. The molecule has 86 valence electrons. The summed E-state index contributed by atoms with van der Waals surface area (Å²) in [6.07, 6.45) is 1.63. The Labute approximate surface area is 103 Å². The van der Waals surface area contributed by atoms with Crippen LogP contribution in [0.25, 0.3) is 0 Å². The Kier molecular flexibility index (Phi) is 4.56. The lowest BCUT2D eigenvalue weighted by Crippen LogP contribution is -2.26. The van der Waals surface area contributed by atoms with E-state index in [1.165, 1.54) is 4.68 Å². The van der Waals surface area contributed by atoms with E-state index in [-0.39, 0.29) is 11.6 Å². The molecule has 0 atom stereocenters. The first-order valence-corrected chi connectivity index (χ1v) is 5.78. The Morgan fingerprint density at radius 2 is 2.31 bits per heavy atom. The minimum Gasteiger partial charge on any atom is -0.372 e. The molecule has 5 heteroatoms. The maximum absolute atomic E-state index is 11.8. The van der Waals surface area contributed by atoms with Crippen molar-refractivity contribution in [2.24, 2.45) is 0 Å². The molecule has 4 nitrogen and oxygen atoms in total. The summed E-state index contributed by atoms with van der Waals surface area (Å²) in [6, 6.07) is 0.0493. The van der Waals surface area contributed by atoms with Crippen molar-refractivity contribution >= 4 is 21.6 Å². The topological polar surface area (TPSA) is 46.9 Å². The molecule has 0 amide bonds. The molecule has 1 aromatic rings. The van der Waals surface area contributed by atoms with Gasteiger partial charge in [-0.25, -0.2) is 4.68 Å². The third kappa shape index (κ3) is 2.86. The van der Waals surface area contributed by atoms with Crippen molar-refractivity contribution in [1.29, 1.82) is 0 Å². The molecule has 0 saturated heterocycles. The number of aromatic nitrogens is 2. The van der Waals surface area contributed by atoms with Crippen LogP contribution in [0.5, 0.6) is 0 Å². The van der Waals surface area contributed by atoms with Gasteiger partial charge < -0.3 is 5.32 Å². The van der Waals surface area contributed by atoms with Crippen molar-refractivity contribution < 1.29 is 0 Å². The van der Waals surface area contributed by atoms with Gasteiger partial charge in [-0.1, -0.05) is 5.92 Å². The summed E-state index contributed by atoms with van der Waals surface area (Å²) in [5.41, 5.74) is 0.536. The highest BCUT2D eigenvalue weighted by Gasteiger charge is 2.09. The van der Waals surface area contributed by atoms with E-state index in [4.69, 9.17) is 0 Å². The molecule has 1 N–H and O–H groups in total. The molecule has 0 radical (unpaired) electrons. The zero-order valence-electron chi connectivity index (χ0n) is 9.54. The van der Waals surface area contributed by atoms with E-state index in [1.54, 1.807) is 13.1 Å². The van der Waals surface area contributed by atoms with Crippen molar-refractivity contribution in [2.45, 2.75) is 26.8 Å². The van der Waals surface area contributed by atoms with Crippen LogP contribution in [0.2, 0.25) is 0 Å². The van der Waals surface area contributed by atoms with Crippen LogP contribution in [0, 0.1) is 11.8 Å². The van der Waals surface area contributed by atoms with E-state index >= 15 is 0 Å². The molecule has 0 bridgehead atoms. The molecule has 1 aromatic heterocycles. The van der Waals surface area contributed by atoms with Crippen molar-refractivity contribution in [2.75, 3.05) is 11.9 Å². The van der Waals surface area contributed by atoms with Gasteiger partial charge in [0, 0.05) is 0 Å². The lowest BCUT2D eigenvalue weighted by Gasteiger charge is -2.11. The van der Waals surface area contributed by atoms with Crippen molar-refractivity contribution in [3.8, 4) is 11.8 Å². The van der Waals surface area contributed by atoms with Gasteiger partial charge >= 0.3 is 0 Å². The quantitative estimate of drug-likeness (QED) is 0.864. The average Bonchev–Trinajstić information content (AvgIpc) is 2.24. The van der Waals surface area contributed by atoms with Crippen molar-refractivity contribution in [3.05, 3.63) is 21.0 Å². The number of anilines is 1. The first-order valence-electron chi connectivity index (χ1n) is 4.98. The largest absolute Gasteiger partial charge is 0.372 e. The molecular weight excluding hydrogens is 270 g/mol. The number of hydrogen-bond donors (Lipinski definition) is 1. The molecule has 16 heavy (non-hydrogen) atoms. The molecule has 0 spiro atoms. The number of nitrogens with zero attached hydrogens (tertiary/aromatic N) is 2. The van der Waals surface area contributed by atoms with Gasteiger partial charge in [-0.05, 0) is 36.7 Å². The summed E-state index contributed by atoms with van der Waals surface area (Å²) in [5, 5.41) is 7.11. The van der Waals surface area contributed by atoms with Crippen LogP contribution >= 0.6 is 15.9 Å². The number of rotatable bonds is 3. The Balaban J connectivity index is 3.01. The van der Waals surface area contributed by atoms with E-state index < -0.39 is 0 Å². The van der Waals surface area contributed by atoms with Crippen molar-refractivity contribution in [1.82, 2.24) is 9.78 Å². The van der Waals surface area contributed by atoms with Crippen LogP contribution in [0.4, 0.5) is 5.69 Å². The maximum Gasteiger partial charge on any atom is 0.283 e. The van der Waals surface area contributed by atoms with Gasteiger partial charge in [-0.15, -0.1) is 5.92 Å². The Morgan fingerprint density at radius 1 is 1.62 bits per heavy atom. The normalized spacial score (nSPS) is 9.81. The van der Waals surface area contributed by atoms with Gasteiger partial charge in [-0.2, -0.15) is 5.10 Å². The lowest BCUT2D eigenvalue weighted by atomic mass is 10.4. The number of halogens is 1. The molecule has 1 rings (SSSR count). The van der Waals surface area contributed by atoms with Gasteiger partial charge in [0.1, 0.15) is 4.47 Å². The van der Waals surface area contributed by atoms with Gasteiger partial charge in [0.25, 0.3) is 5.56 Å². The summed E-state index contributed by atoms with van der Waals surface area (Å²) in [4.78, 5) is 11.8. The molecule has 0 fully saturated rings. The van der Waals surface area contributed by atoms with E-state index in [0.29, 0.717) is 16.7 Å². The molecule has 1 heterocycles. The highest BCUT2D eigenvalue weighted by molar-refractivity contribution is 9.10. The fourth-order valence-electron chi connectivity index (χ4n) is 1.16. The SMILES string of the molecule is CC#CCNc1cnn(C(C)C)c(=O)c1Br. The molecule has 0 aromatic carbocycles. The second-order valence-corrected chi connectivity index (χ2v) is 4.29. The van der Waals surface area contributed by atoms with E-state index in [2.05, 4.69) is 38.2 Å². The molecule has 0 aliphatic carbocycles. The minimum absolute atomic E-state index is 0.0493. The standard InChI is InChI=1S/C11H14BrN3O/c1-4-5-6-13-9-7-14-15(8(2)3)11(16)10(9)12/h7-8,13H,6H2,1-3H3. The first kappa shape index (κ1) is 12.8. The zero-order chi connectivity index (χ0) is 12.1. The Bertz CT molecular complexity index is 482. The minimum atomic E-state index is -0.135. The first-order chi connectivity index (χ1) is 7.57. The monoisotopic (exact) mass is 283 g/mol. The van der Waals surface area contributed by atoms with Crippen LogP contribution < -0.4 is 10.9 Å². The fraction of sp³-hybridized carbons (Fsp3) is 0.455. The highest BCUT2D eigenvalue weighted by atomic mass is 79.9. The summed E-state index contributed by atoms with van der Waals surface area (Å²) >= 11 is 3.27. The van der Waals surface area contributed by atoms with Crippen molar-refractivity contribution in [3.63, 3.8) is 0 Å². The maximum atomic E-state index is 11.8. The predicted octanol–water partition coefficient (Wildman–Crippen LogP) is 2.02. The van der Waals surface area contributed by atoms with Gasteiger partial charge in [0.05, 0.1) is 24.5 Å². The summed E-state index contributed by atoms with van der Waals surface area (Å²) < 4.78 is 1.93. The van der Waals surface area contributed by atoms with Gasteiger partial charge in [-0.3, -0.25) is 4.79 Å². The fourth-order valence-corrected chi connectivity index (χ4v) is 1.59. The Morgan fingerprint density at radius 3 is 2.88 bits per heavy atom. The van der Waals surface area contributed by atoms with E-state index in [1.807, 2.05) is 13.8 Å². The molecule has 0 unspecified atom stereocenters. The lowest BCUT2D eigenvalue weighted by molar-refractivity contribution is 0.501. The average molecular weight is 284 g/mol. The third-order valence-electron chi connectivity index (χ3n) is 1.98. The summed E-state index contributed by atoms with van der Waals surface area (Å²) in [6.45, 7) is 6.10. The van der Waals surface area contributed by atoms with Crippen LogP contribution in [0.3, 0.4) is 0 Å². The second-order valence-electron chi connectivity index (χ2n) is 3.50. The highest BCUT2D eigenvalue weighted by Crippen LogP contribution is 2.16. The van der Waals surface area contributed by atoms with E-state index in [9.17, 15) is 4.79 Å². The zero-order valence-corrected chi connectivity index (χ0v) is 11.1. The molecule has 0 aliphatic heterocycles. The number of nitrogens with one attached hydrogen (secondary N) is 1. The summed E-state index contributed by atoms with van der Waals surface area (Å²) in [7, 11) is 0. The summed E-state index contributed by atoms with van der Waals surface area (Å²) in [5.74, 6) is 5.63. The molecule has 0 saturated carbocycles. The van der Waals surface area contributed by atoms with E-state index in [0.717, 1.165) is 0 Å². The smallest absolute Gasteiger partial charge is 0.283 e. The van der Waals surface area contributed by atoms with Crippen LogP contribution in [-0.2, 0) is 0 Å². The van der Waals surface area contributed by atoms with Crippen LogP contribution in [0.15, 0.2) is 15.5 Å².